The molecule has 1 heterocycles. The Morgan fingerprint density at radius 3 is 2.00 bits per heavy atom. The van der Waals surface area contributed by atoms with E-state index in [1.165, 1.54) is 12.1 Å². The van der Waals surface area contributed by atoms with Gasteiger partial charge in [-0.2, -0.15) is 13.2 Å². The standard InChI is InChI=1S/C24H28F3NO2Si/c1-15-22(16(2)29-28-15)20-13-10-18(24(25,26)27)14-21(20)17-8-11-19(12-9-17)30-31(6,7)23(3,4)5/h8-14H,1-7H3. The fourth-order valence-corrected chi connectivity index (χ4v) is 4.23. The normalized spacial score (nSPS) is 12.8. The first-order chi connectivity index (χ1) is 14.2. The summed E-state index contributed by atoms with van der Waals surface area (Å²) < 4.78 is 51.9. The summed E-state index contributed by atoms with van der Waals surface area (Å²) in [5.74, 6) is 1.29. The van der Waals surface area contributed by atoms with Crippen molar-refractivity contribution < 1.29 is 22.1 Å². The molecule has 0 bridgehead atoms. The van der Waals surface area contributed by atoms with Crippen LogP contribution in [0.1, 0.15) is 37.8 Å². The number of hydrogen-bond donors (Lipinski definition) is 0. The van der Waals surface area contributed by atoms with Crippen LogP contribution in [0.4, 0.5) is 13.2 Å². The number of benzene rings is 2. The quantitative estimate of drug-likeness (QED) is 0.380. The summed E-state index contributed by atoms with van der Waals surface area (Å²) >= 11 is 0. The zero-order valence-electron chi connectivity index (χ0n) is 18.9. The molecule has 3 nitrogen and oxygen atoms in total. The molecule has 0 atom stereocenters. The number of alkyl halides is 3. The molecule has 0 N–H and O–H groups in total. The molecule has 31 heavy (non-hydrogen) atoms. The molecule has 0 saturated heterocycles. The van der Waals surface area contributed by atoms with E-state index in [-0.39, 0.29) is 5.04 Å². The minimum atomic E-state index is -4.43. The lowest BCUT2D eigenvalue weighted by Crippen LogP contribution is -2.43. The van der Waals surface area contributed by atoms with Crippen LogP contribution >= 0.6 is 0 Å². The zero-order valence-corrected chi connectivity index (χ0v) is 19.9. The van der Waals surface area contributed by atoms with Crippen molar-refractivity contribution in [1.82, 2.24) is 5.16 Å². The molecule has 1 aromatic heterocycles. The van der Waals surface area contributed by atoms with E-state index >= 15 is 0 Å². The highest BCUT2D eigenvalue weighted by Gasteiger charge is 2.39. The van der Waals surface area contributed by atoms with E-state index in [2.05, 4.69) is 39.0 Å². The van der Waals surface area contributed by atoms with Crippen molar-refractivity contribution in [2.45, 2.75) is 58.9 Å². The highest BCUT2D eigenvalue weighted by molar-refractivity contribution is 6.74. The second-order valence-electron chi connectivity index (χ2n) is 9.34. The first kappa shape index (κ1) is 23.1. The molecule has 0 aliphatic carbocycles. The molecule has 0 aliphatic rings. The summed E-state index contributed by atoms with van der Waals surface area (Å²) in [5.41, 5.74) is 2.45. The van der Waals surface area contributed by atoms with Crippen LogP contribution in [0.2, 0.25) is 18.1 Å². The van der Waals surface area contributed by atoms with Gasteiger partial charge in [0.15, 0.2) is 0 Å². The van der Waals surface area contributed by atoms with E-state index in [9.17, 15) is 13.2 Å². The molecular weight excluding hydrogens is 419 g/mol. The third-order valence-electron chi connectivity index (χ3n) is 5.99. The Balaban J connectivity index is 2.09. The molecule has 0 spiro atoms. The summed E-state index contributed by atoms with van der Waals surface area (Å²) in [6.07, 6.45) is -4.43. The fraction of sp³-hybridized carbons (Fsp3) is 0.375. The van der Waals surface area contributed by atoms with Gasteiger partial charge in [-0.3, -0.25) is 0 Å². The Morgan fingerprint density at radius 2 is 1.52 bits per heavy atom. The van der Waals surface area contributed by atoms with Crippen molar-refractivity contribution in [3.63, 3.8) is 0 Å². The molecule has 166 valence electrons. The number of aromatic nitrogens is 1. The maximum atomic E-state index is 13.4. The Labute approximate surface area is 182 Å². The highest BCUT2D eigenvalue weighted by atomic mass is 28.4. The second kappa shape index (κ2) is 7.86. The van der Waals surface area contributed by atoms with Crippen LogP contribution in [-0.2, 0) is 6.18 Å². The molecule has 3 rings (SSSR count). The molecule has 3 aromatic rings. The average molecular weight is 448 g/mol. The summed E-state index contributed by atoms with van der Waals surface area (Å²) in [6.45, 7) is 14.3. The van der Waals surface area contributed by atoms with Gasteiger partial charge in [0.1, 0.15) is 11.5 Å². The number of nitrogens with zero attached hydrogens (tertiary/aromatic N) is 1. The highest BCUT2D eigenvalue weighted by Crippen LogP contribution is 2.41. The van der Waals surface area contributed by atoms with Gasteiger partial charge in [-0.1, -0.05) is 44.1 Å². The SMILES string of the molecule is Cc1noc(C)c1-c1ccc(C(F)(F)F)cc1-c1ccc(O[Si](C)(C)C(C)(C)C)cc1. The predicted molar refractivity (Wildman–Crippen MR) is 120 cm³/mol. The van der Waals surface area contributed by atoms with Crippen LogP contribution in [0.15, 0.2) is 47.0 Å². The van der Waals surface area contributed by atoms with E-state index in [1.54, 1.807) is 26.0 Å². The second-order valence-corrected chi connectivity index (χ2v) is 14.1. The van der Waals surface area contributed by atoms with E-state index in [1.807, 2.05) is 12.1 Å². The number of aryl methyl sites for hydroxylation is 2. The summed E-state index contributed by atoms with van der Waals surface area (Å²) in [6, 6.07) is 11.0. The van der Waals surface area contributed by atoms with Crippen molar-refractivity contribution >= 4 is 8.32 Å². The summed E-state index contributed by atoms with van der Waals surface area (Å²) in [5, 5.41) is 4.01. The summed E-state index contributed by atoms with van der Waals surface area (Å²) in [7, 11) is -2.02. The third-order valence-corrected chi connectivity index (χ3v) is 10.4. The Kier molecular flexibility index (Phi) is 5.86. The largest absolute Gasteiger partial charge is 0.544 e. The monoisotopic (exact) mass is 447 g/mol. The molecule has 0 saturated carbocycles. The van der Waals surface area contributed by atoms with Crippen LogP contribution in [0.5, 0.6) is 5.75 Å². The van der Waals surface area contributed by atoms with Gasteiger partial charge < -0.3 is 8.95 Å². The molecule has 7 heteroatoms. The maximum absolute atomic E-state index is 13.4. The van der Waals surface area contributed by atoms with Crippen LogP contribution < -0.4 is 4.43 Å². The predicted octanol–water partition coefficient (Wildman–Crippen LogP) is 8.03. The first-order valence-corrected chi connectivity index (χ1v) is 13.1. The van der Waals surface area contributed by atoms with Gasteiger partial charge >= 0.3 is 6.18 Å². The molecular formula is C24H28F3NO2Si. The van der Waals surface area contributed by atoms with E-state index in [4.69, 9.17) is 8.95 Å². The Bertz CT molecular complexity index is 1060. The average Bonchev–Trinajstić information content (AvgIpc) is 2.98. The zero-order chi connectivity index (χ0) is 23.2. The number of rotatable bonds is 4. The molecule has 0 amide bonds. The van der Waals surface area contributed by atoms with Gasteiger partial charge in [-0.25, -0.2) is 0 Å². The lowest BCUT2D eigenvalue weighted by atomic mass is 9.92. The van der Waals surface area contributed by atoms with Gasteiger partial charge in [0, 0.05) is 5.56 Å². The van der Waals surface area contributed by atoms with Gasteiger partial charge in [-0.05, 0) is 72.9 Å². The topological polar surface area (TPSA) is 35.3 Å². The van der Waals surface area contributed by atoms with Gasteiger partial charge in [0.2, 0.25) is 8.32 Å². The van der Waals surface area contributed by atoms with Crippen LogP contribution in [0, 0.1) is 13.8 Å². The number of hydrogen-bond acceptors (Lipinski definition) is 3. The van der Waals surface area contributed by atoms with Crippen LogP contribution in [0.25, 0.3) is 22.3 Å². The Morgan fingerprint density at radius 1 is 0.903 bits per heavy atom. The summed E-state index contributed by atoms with van der Waals surface area (Å²) in [4.78, 5) is 0. The third kappa shape index (κ3) is 4.71. The lowest BCUT2D eigenvalue weighted by Gasteiger charge is -2.36. The lowest BCUT2D eigenvalue weighted by molar-refractivity contribution is -0.137. The minimum absolute atomic E-state index is 0.0449. The van der Waals surface area contributed by atoms with Crippen molar-refractivity contribution in [2.24, 2.45) is 0 Å². The molecule has 0 radical (unpaired) electrons. The van der Waals surface area contributed by atoms with E-state index in [0.717, 1.165) is 11.8 Å². The molecule has 0 aliphatic heterocycles. The molecule has 0 unspecified atom stereocenters. The van der Waals surface area contributed by atoms with E-state index < -0.39 is 20.1 Å². The fourth-order valence-electron chi connectivity index (χ4n) is 3.20. The van der Waals surface area contributed by atoms with Gasteiger partial charge in [-0.15, -0.1) is 0 Å². The van der Waals surface area contributed by atoms with Crippen molar-refractivity contribution in [3.05, 3.63) is 59.5 Å². The maximum Gasteiger partial charge on any atom is 0.416 e. The van der Waals surface area contributed by atoms with Crippen LogP contribution in [0.3, 0.4) is 0 Å². The van der Waals surface area contributed by atoms with E-state index in [0.29, 0.717) is 33.7 Å². The molecule has 2 aromatic carbocycles. The van der Waals surface area contributed by atoms with Crippen molar-refractivity contribution in [1.29, 1.82) is 0 Å². The molecule has 0 fully saturated rings. The smallest absolute Gasteiger partial charge is 0.416 e. The minimum Gasteiger partial charge on any atom is -0.544 e. The first-order valence-electron chi connectivity index (χ1n) is 10.1. The Hall–Kier alpha value is -2.54. The van der Waals surface area contributed by atoms with Gasteiger partial charge in [0.05, 0.1) is 11.3 Å². The van der Waals surface area contributed by atoms with Crippen molar-refractivity contribution in [3.8, 4) is 28.0 Å². The number of halogens is 3. The van der Waals surface area contributed by atoms with Gasteiger partial charge in [0.25, 0.3) is 0 Å². The van der Waals surface area contributed by atoms with Crippen molar-refractivity contribution in [2.75, 3.05) is 0 Å². The van der Waals surface area contributed by atoms with Crippen LogP contribution in [-0.4, -0.2) is 13.5 Å².